The summed E-state index contributed by atoms with van der Waals surface area (Å²) in [6.07, 6.45) is 0. The van der Waals surface area contributed by atoms with Crippen LogP contribution >= 0.6 is 56.1 Å². The van der Waals surface area contributed by atoms with Crippen molar-refractivity contribution in [3.05, 3.63) is 78.9 Å². The highest BCUT2D eigenvalue weighted by atomic mass is 127. The third-order valence-electron chi connectivity index (χ3n) is 4.63. The van der Waals surface area contributed by atoms with Crippen molar-refractivity contribution in [3.8, 4) is 5.75 Å². The smallest absolute Gasteiger partial charge is 0.344 e. The molecule has 0 spiro atoms. The van der Waals surface area contributed by atoms with Crippen LogP contribution in [0.3, 0.4) is 0 Å². The van der Waals surface area contributed by atoms with Crippen LogP contribution in [0.2, 0.25) is 0 Å². The molecule has 170 valence electrons. The number of halogens is 2. The van der Waals surface area contributed by atoms with E-state index < -0.39 is 16.5 Å². The average Bonchev–Trinajstić information content (AvgIpc) is 2.69. The van der Waals surface area contributed by atoms with Gasteiger partial charge in [0, 0.05) is 7.14 Å². The Morgan fingerprint density at radius 1 is 0.812 bits per heavy atom. The quantitative estimate of drug-likeness (QED) is 0.165. The second-order valence-corrected chi connectivity index (χ2v) is 13.3. The summed E-state index contributed by atoms with van der Waals surface area (Å²) in [6.45, 7) is 9.54. The van der Waals surface area contributed by atoms with Gasteiger partial charge in [-0.25, -0.2) is 4.79 Å². The molecule has 0 fully saturated rings. The van der Waals surface area contributed by atoms with E-state index in [1.807, 2.05) is 34.6 Å². The lowest BCUT2D eigenvalue weighted by Crippen LogP contribution is -2.27. The van der Waals surface area contributed by atoms with E-state index in [0.29, 0.717) is 0 Å². The molecule has 0 aliphatic carbocycles. The molecule has 0 radical (unpaired) electrons. The molecule has 3 aromatic carbocycles. The lowest BCUT2D eigenvalue weighted by atomic mass is 10.1. The van der Waals surface area contributed by atoms with Gasteiger partial charge >= 0.3 is 5.97 Å². The topological polar surface area (TPSA) is 35.5 Å². The Balaban J connectivity index is 1.94. The van der Waals surface area contributed by atoms with Gasteiger partial charge in [-0.1, -0.05) is 0 Å². The van der Waals surface area contributed by atoms with Gasteiger partial charge in [0.2, 0.25) is 0 Å². The fourth-order valence-corrected chi connectivity index (χ4v) is 6.57. The molecule has 6 heteroatoms. The highest BCUT2D eigenvalue weighted by molar-refractivity contribution is 14.1. The number of hydrogen-bond acceptors (Lipinski definition) is 3. The predicted molar refractivity (Wildman–Crippen MR) is 149 cm³/mol. The van der Waals surface area contributed by atoms with Crippen LogP contribution in [0.15, 0.2) is 75.4 Å². The van der Waals surface area contributed by atoms with E-state index in [4.69, 9.17) is 9.47 Å². The molecule has 0 aliphatic heterocycles. The fraction of sp³-hybridized carbons (Fsp3) is 0.269. The first-order chi connectivity index (χ1) is 15.0. The first kappa shape index (κ1) is 25.4. The van der Waals surface area contributed by atoms with Gasteiger partial charge in [-0.2, -0.15) is 10.9 Å². The van der Waals surface area contributed by atoms with E-state index >= 15 is 0 Å². The van der Waals surface area contributed by atoms with Crippen LogP contribution in [0.25, 0.3) is 0 Å². The van der Waals surface area contributed by atoms with Gasteiger partial charge in [-0.05, 0) is 166 Å². The maximum Gasteiger partial charge on any atom is 0.344 e. The summed E-state index contributed by atoms with van der Waals surface area (Å²) < 4.78 is 13.7. The van der Waals surface area contributed by atoms with Gasteiger partial charge in [-0.15, -0.1) is 0 Å². The highest BCUT2D eigenvalue weighted by Gasteiger charge is 2.19. The number of esters is 1. The third-order valence-corrected chi connectivity index (χ3v) is 8.47. The Labute approximate surface area is 220 Å². The van der Waals surface area contributed by atoms with E-state index in [1.54, 1.807) is 0 Å². The van der Waals surface area contributed by atoms with Gasteiger partial charge in [0.1, 0.15) is 11.4 Å². The Hall–Kier alpha value is -1.26. The molecule has 0 unspecified atom stereocenters. The number of thiol groups is 1. The molecular formula is C26H28I2O3S. The molecule has 3 aromatic rings. The highest BCUT2D eigenvalue weighted by Crippen LogP contribution is 2.52. The third kappa shape index (κ3) is 6.87. The summed E-state index contributed by atoms with van der Waals surface area (Å²) in [5.74, 6) is 0.389. The molecule has 0 aliphatic rings. The van der Waals surface area contributed by atoms with Gasteiger partial charge in [0.05, 0.1) is 0 Å². The minimum Gasteiger partial charge on any atom is -0.481 e. The predicted octanol–water partition coefficient (Wildman–Crippen LogP) is 7.71. The standard InChI is InChI=1S/C26H28I2O3S/c1-17-14-23(15-18(2)25(17)30-16-24(29)31-26(3,4)5)32(21-10-6-19(27)7-11-21)22-12-8-20(28)9-13-22/h6-15,32H,16H2,1-5H3. The molecule has 0 heterocycles. The number of rotatable bonds is 6. The van der Waals surface area contributed by atoms with Crippen molar-refractivity contribution in [2.24, 2.45) is 0 Å². The van der Waals surface area contributed by atoms with Gasteiger partial charge in [-0.3, -0.25) is 0 Å². The van der Waals surface area contributed by atoms with Gasteiger partial charge in [0.15, 0.2) is 6.61 Å². The minimum absolute atomic E-state index is 0.0959. The molecule has 0 amide bonds. The normalized spacial score (nSPS) is 11.8. The van der Waals surface area contributed by atoms with E-state index in [9.17, 15) is 4.79 Å². The maximum atomic E-state index is 12.1. The molecule has 0 bridgehead atoms. The number of benzene rings is 3. The van der Waals surface area contributed by atoms with Crippen LogP contribution in [0.4, 0.5) is 0 Å². The van der Waals surface area contributed by atoms with Crippen LogP contribution in [-0.2, 0) is 9.53 Å². The Morgan fingerprint density at radius 2 is 1.25 bits per heavy atom. The zero-order valence-corrected chi connectivity index (χ0v) is 24.1. The summed E-state index contributed by atoms with van der Waals surface area (Å²) in [7, 11) is -0.710. The zero-order chi connectivity index (χ0) is 23.5. The lowest BCUT2D eigenvalue weighted by molar-refractivity contribution is -0.157. The Bertz CT molecular complexity index is 1020. The maximum absolute atomic E-state index is 12.1. The molecular weight excluding hydrogens is 646 g/mol. The van der Waals surface area contributed by atoms with Crippen LogP contribution in [-0.4, -0.2) is 18.2 Å². The van der Waals surface area contributed by atoms with Crippen LogP contribution in [0, 0.1) is 21.0 Å². The van der Waals surface area contributed by atoms with Crippen molar-refractivity contribution in [2.45, 2.75) is 54.9 Å². The Morgan fingerprint density at radius 3 is 1.66 bits per heavy atom. The van der Waals surface area contributed by atoms with Crippen LogP contribution < -0.4 is 4.74 Å². The minimum atomic E-state index is -0.710. The molecule has 3 nitrogen and oxygen atoms in total. The van der Waals surface area contributed by atoms with Crippen molar-refractivity contribution >= 4 is 62.0 Å². The molecule has 0 N–H and O–H groups in total. The average molecular weight is 674 g/mol. The number of carbonyl (C=O) groups is 1. The SMILES string of the molecule is Cc1cc([SH](c2ccc(I)cc2)c2ccc(I)cc2)cc(C)c1OCC(=O)OC(C)(C)C. The summed E-state index contributed by atoms with van der Waals surface area (Å²) in [4.78, 5) is 16.0. The van der Waals surface area contributed by atoms with Gasteiger partial charge < -0.3 is 9.47 Å². The van der Waals surface area contributed by atoms with Crippen molar-refractivity contribution in [2.75, 3.05) is 6.61 Å². The number of ether oxygens (including phenoxy) is 2. The summed E-state index contributed by atoms with van der Waals surface area (Å²) >= 11 is 4.69. The molecule has 0 atom stereocenters. The van der Waals surface area contributed by atoms with E-state index in [-0.39, 0.29) is 12.6 Å². The summed E-state index contributed by atoms with van der Waals surface area (Å²) in [5.41, 5.74) is 1.52. The number of carbonyl (C=O) groups excluding carboxylic acids is 1. The summed E-state index contributed by atoms with van der Waals surface area (Å²) in [5, 5.41) is 0. The first-order valence-electron chi connectivity index (χ1n) is 10.3. The molecule has 0 aromatic heterocycles. The lowest BCUT2D eigenvalue weighted by Gasteiger charge is -2.25. The van der Waals surface area contributed by atoms with Gasteiger partial charge in [0.25, 0.3) is 0 Å². The largest absolute Gasteiger partial charge is 0.481 e. The molecule has 32 heavy (non-hydrogen) atoms. The Kier molecular flexibility index (Phi) is 8.54. The van der Waals surface area contributed by atoms with E-state index in [1.165, 1.54) is 21.8 Å². The second kappa shape index (κ2) is 10.8. The monoisotopic (exact) mass is 674 g/mol. The number of hydrogen-bond donors (Lipinski definition) is 1. The van der Waals surface area contributed by atoms with Crippen LogP contribution in [0.5, 0.6) is 5.75 Å². The number of aryl methyl sites for hydroxylation is 2. The van der Waals surface area contributed by atoms with Crippen LogP contribution in [0.1, 0.15) is 31.9 Å². The van der Waals surface area contributed by atoms with E-state index in [2.05, 4.69) is 106 Å². The second-order valence-electron chi connectivity index (χ2n) is 8.57. The first-order valence-corrected chi connectivity index (χ1v) is 13.8. The van der Waals surface area contributed by atoms with Crippen molar-refractivity contribution in [1.29, 1.82) is 0 Å². The fourth-order valence-electron chi connectivity index (χ4n) is 3.41. The van der Waals surface area contributed by atoms with Crippen molar-refractivity contribution in [1.82, 2.24) is 0 Å². The molecule has 0 saturated heterocycles. The zero-order valence-electron chi connectivity index (χ0n) is 18.9. The van der Waals surface area contributed by atoms with E-state index in [0.717, 1.165) is 16.9 Å². The summed E-state index contributed by atoms with van der Waals surface area (Å²) in [6, 6.07) is 21.9. The molecule has 0 saturated carbocycles. The van der Waals surface area contributed by atoms with Crippen molar-refractivity contribution < 1.29 is 14.3 Å². The van der Waals surface area contributed by atoms with Crippen molar-refractivity contribution in [3.63, 3.8) is 0 Å². The molecule has 3 rings (SSSR count).